The molecule has 1 rings (SSSR count). The van der Waals surface area contributed by atoms with E-state index in [1.165, 1.54) is 0 Å². The third-order valence-corrected chi connectivity index (χ3v) is 3.01. The molecule has 0 aromatic heterocycles. The number of esters is 1. The number of hydrogen-bond acceptors (Lipinski definition) is 3. The molecule has 1 N–H and O–H groups in total. The molecule has 0 amide bonds. The molecule has 2 atom stereocenters. The van der Waals surface area contributed by atoms with Crippen molar-refractivity contribution in [2.24, 2.45) is 11.8 Å². The van der Waals surface area contributed by atoms with Crippen molar-refractivity contribution in [3.8, 4) is 0 Å². The number of carboxylic acid groups (broad SMARTS) is 1. The summed E-state index contributed by atoms with van der Waals surface area (Å²) >= 11 is 0. The van der Waals surface area contributed by atoms with Crippen molar-refractivity contribution in [2.75, 3.05) is 0 Å². The summed E-state index contributed by atoms with van der Waals surface area (Å²) in [4.78, 5) is 22.5. The van der Waals surface area contributed by atoms with Gasteiger partial charge in [-0.25, -0.2) is 0 Å². The monoisotopic (exact) mass is 242 g/mol. The first-order valence-electron chi connectivity index (χ1n) is 6.22. The van der Waals surface area contributed by atoms with Gasteiger partial charge in [-0.3, -0.25) is 9.59 Å². The number of carbonyl (C=O) groups excluding carboxylic acids is 1. The molecule has 98 valence electrons. The standard InChI is InChI=1S/C13H22O4/c1-13(2,3)17-11(14)8-9-5-4-6-10(7-9)12(15)16/h9-10H,4-8H2,1-3H3,(H,15,16)/t9-,10+/m1/s1. The Morgan fingerprint density at radius 1 is 1.29 bits per heavy atom. The van der Waals surface area contributed by atoms with E-state index < -0.39 is 11.6 Å². The summed E-state index contributed by atoms with van der Waals surface area (Å²) in [7, 11) is 0. The maximum atomic E-state index is 11.6. The first-order valence-corrected chi connectivity index (χ1v) is 6.22. The van der Waals surface area contributed by atoms with Gasteiger partial charge in [-0.05, 0) is 46.0 Å². The first kappa shape index (κ1) is 14.0. The highest BCUT2D eigenvalue weighted by Gasteiger charge is 2.29. The third kappa shape index (κ3) is 5.20. The topological polar surface area (TPSA) is 63.6 Å². The highest BCUT2D eigenvalue weighted by Crippen LogP contribution is 2.31. The highest BCUT2D eigenvalue weighted by molar-refractivity contribution is 5.71. The molecular weight excluding hydrogens is 220 g/mol. The summed E-state index contributed by atoms with van der Waals surface area (Å²) in [6, 6.07) is 0. The van der Waals surface area contributed by atoms with Crippen LogP contribution in [0.25, 0.3) is 0 Å². The Hall–Kier alpha value is -1.06. The molecule has 0 aromatic rings. The molecule has 0 aromatic carbocycles. The molecule has 0 unspecified atom stereocenters. The lowest BCUT2D eigenvalue weighted by atomic mass is 9.80. The zero-order valence-electron chi connectivity index (χ0n) is 10.9. The lowest BCUT2D eigenvalue weighted by Crippen LogP contribution is -2.28. The molecule has 0 heterocycles. The number of ether oxygens (including phenoxy) is 1. The van der Waals surface area contributed by atoms with Crippen molar-refractivity contribution in [1.82, 2.24) is 0 Å². The minimum Gasteiger partial charge on any atom is -0.481 e. The van der Waals surface area contributed by atoms with E-state index in [9.17, 15) is 9.59 Å². The van der Waals surface area contributed by atoms with Crippen LogP contribution in [0.3, 0.4) is 0 Å². The maximum Gasteiger partial charge on any atom is 0.306 e. The molecule has 0 saturated heterocycles. The second-order valence-electron chi connectivity index (χ2n) is 5.86. The van der Waals surface area contributed by atoms with E-state index in [4.69, 9.17) is 9.84 Å². The van der Waals surface area contributed by atoms with Crippen LogP contribution in [0.2, 0.25) is 0 Å². The van der Waals surface area contributed by atoms with Crippen molar-refractivity contribution in [3.63, 3.8) is 0 Å². The van der Waals surface area contributed by atoms with E-state index in [0.29, 0.717) is 12.8 Å². The van der Waals surface area contributed by atoms with Gasteiger partial charge in [0.1, 0.15) is 5.60 Å². The molecule has 0 bridgehead atoms. The predicted octanol–water partition coefficient (Wildman–Crippen LogP) is 2.61. The summed E-state index contributed by atoms with van der Waals surface area (Å²) < 4.78 is 5.25. The van der Waals surface area contributed by atoms with Crippen LogP contribution in [0, 0.1) is 11.8 Å². The summed E-state index contributed by atoms with van der Waals surface area (Å²) in [5.74, 6) is -1.07. The second-order valence-corrected chi connectivity index (χ2v) is 5.86. The van der Waals surface area contributed by atoms with Crippen molar-refractivity contribution >= 4 is 11.9 Å². The van der Waals surface area contributed by atoms with Crippen LogP contribution < -0.4 is 0 Å². The normalized spacial score (nSPS) is 25.4. The summed E-state index contributed by atoms with van der Waals surface area (Å²) in [5, 5.41) is 8.96. The smallest absolute Gasteiger partial charge is 0.306 e. The van der Waals surface area contributed by atoms with Crippen molar-refractivity contribution in [3.05, 3.63) is 0 Å². The van der Waals surface area contributed by atoms with Gasteiger partial charge in [0.2, 0.25) is 0 Å². The third-order valence-electron chi connectivity index (χ3n) is 3.01. The van der Waals surface area contributed by atoms with E-state index >= 15 is 0 Å². The lowest BCUT2D eigenvalue weighted by molar-refractivity contribution is -0.157. The second kappa shape index (κ2) is 5.52. The Morgan fingerprint density at radius 2 is 1.94 bits per heavy atom. The van der Waals surface area contributed by atoms with Gasteiger partial charge in [0.05, 0.1) is 5.92 Å². The van der Waals surface area contributed by atoms with Crippen LogP contribution in [0.1, 0.15) is 52.9 Å². The molecule has 0 radical (unpaired) electrons. The fraction of sp³-hybridized carbons (Fsp3) is 0.846. The molecule has 4 nitrogen and oxygen atoms in total. The molecule has 4 heteroatoms. The van der Waals surface area contributed by atoms with Gasteiger partial charge >= 0.3 is 11.9 Å². The van der Waals surface area contributed by atoms with Gasteiger partial charge in [0, 0.05) is 6.42 Å². The van der Waals surface area contributed by atoms with E-state index in [0.717, 1.165) is 19.3 Å². The molecule has 17 heavy (non-hydrogen) atoms. The van der Waals surface area contributed by atoms with Crippen LogP contribution >= 0.6 is 0 Å². The fourth-order valence-electron chi connectivity index (χ4n) is 2.32. The van der Waals surface area contributed by atoms with Crippen molar-refractivity contribution in [1.29, 1.82) is 0 Å². The van der Waals surface area contributed by atoms with Gasteiger partial charge in [-0.2, -0.15) is 0 Å². The minimum atomic E-state index is -0.737. The average Bonchev–Trinajstić information content (AvgIpc) is 2.14. The zero-order chi connectivity index (χ0) is 13.1. The Kier molecular flexibility index (Phi) is 4.54. The number of aliphatic carboxylic acids is 1. The molecule has 0 spiro atoms. The lowest BCUT2D eigenvalue weighted by Gasteiger charge is -2.27. The predicted molar refractivity (Wildman–Crippen MR) is 63.5 cm³/mol. The zero-order valence-corrected chi connectivity index (χ0v) is 10.9. The van der Waals surface area contributed by atoms with Crippen LogP contribution in [-0.2, 0) is 14.3 Å². The Balaban J connectivity index is 2.41. The van der Waals surface area contributed by atoms with Gasteiger partial charge in [0.25, 0.3) is 0 Å². The van der Waals surface area contributed by atoms with Crippen LogP contribution in [0.15, 0.2) is 0 Å². The van der Waals surface area contributed by atoms with Crippen LogP contribution in [-0.4, -0.2) is 22.6 Å². The molecule has 1 aliphatic rings. The molecular formula is C13H22O4. The Morgan fingerprint density at radius 3 is 2.47 bits per heavy atom. The van der Waals surface area contributed by atoms with Gasteiger partial charge in [0.15, 0.2) is 0 Å². The number of carboxylic acids is 1. The highest BCUT2D eigenvalue weighted by atomic mass is 16.6. The van der Waals surface area contributed by atoms with Gasteiger partial charge in [-0.15, -0.1) is 0 Å². The van der Waals surface area contributed by atoms with E-state index in [1.54, 1.807) is 0 Å². The van der Waals surface area contributed by atoms with E-state index in [2.05, 4.69) is 0 Å². The SMILES string of the molecule is CC(C)(C)OC(=O)C[C@@H]1CCC[C@H](C(=O)O)C1. The van der Waals surface area contributed by atoms with Crippen LogP contribution in [0.4, 0.5) is 0 Å². The van der Waals surface area contributed by atoms with Crippen LogP contribution in [0.5, 0.6) is 0 Å². The van der Waals surface area contributed by atoms with Crippen molar-refractivity contribution in [2.45, 2.75) is 58.5 Å². The number of rotatable bonds is 3. The first-order chi connectivity index (χ1) is 7.78. The quantitative estimate of drug-likeness (QED) is 0.773. The number of hydrogen-bond donors (Lipinski definition) is 1. The summed E-state index contributed by atoms with van der Waals surface area (Å²) in [5.41, 5.74) is -0.460. The summed E-state index contributed by atoms with van der Waals surface area (Å²) in [6.45, 7) is 5.52. The number of carbonyl (C=O) groups is 2. The van der Waals surface area contributed by atoms with E-state index in [-0.39, 0.29) is 17.8 Å². The molecule has 1 saturated carbocycles. The van der Waals surface area contributed by atoms with Gasteiger partial charge < -0.3 is 9.84 Å². The molecule has 1 aliphatic carbocycles. The van der Waals surface area contributed by atoms with E-state index in [1.807, 2.05) is 20.8 Å². The molecule has 0 aliphatic heterocycles. The Bertz CT molecular complexity index is 290. The van der Waals surface area contributed by atoms with Crippen molar-refractivity contribution < 1.29 is 19.4 Å². The largest absolute Gasteiger partial charge is 0.481 e. The molecule has 1 fully saturated rings. The van der Waals surface area contributed by atoms with Gasteiger partial charge in [-0.1, -0.05) is 6.42 Å². The maximum absolute atomic E-state index is 11.6. The average molecular weight is 242 g/mol. The summed E-state index contributed by atoms with van der Waals surface area (Å²) in [6.07, 6.45) is 3.52. The minimum absolute atomic E-state index is 0.166. The fourth-order valence-corrected chi connectivity index (χ4v) is 2.32. The Labute approximate surface area is 102 Å².